The van der Waals surface area contributed by atoms with E-state index in [1.165, 1.54) is 30.4 Å². The number of benzene rings is 1. The van der Waals surface area contributed by atoms with Crippen LogP contribution in [0.3, 0.4) is 0 Å². The van der Waals surface area contributed by atoms with Crippen LogP contribution in [0.5, 0.6) is 0 Å². The summed E-state index contributed by atoms with van der Waals surface area (Å²) in [5, 5.41) is 9.26. The van der Waals surface area contributed by atoms with Crippen LogP contribution < -0.4 is 0 Å². The summed E-state index contributed by atoms with van der Waals surface area (Å²) < 4.78 is 1.87. The maximum Gasteiger partial charge on any atom is 0.0840 e. The molecule has 1 aromatic heterocycles. The molecule has 0 bridgehead atoms. The molecule has 1 aliphatic carbocycles. The quantitative estimate of drug-likeness (QED) is 0.814. The molecule has 1 aromatic carbocycles. The van der Waals surface area contributed by atoms with Gasteiger partial charge in [0, 0.05) is 11.8 Å². The molecule has 17 heavy (non-hydrogen) atoms. The fraction of sp³-hybridized carbons (Fsp3) is 0.385. The lowest BCUT2D eigenvalue weighted by Crippen LogP contribution is -1.96. The van der Waals surface area contributed by atoms with Gasteiger partial charge >= 0.3 is 0 Å². The molecule has 1 heterocycles. The molecular weight excluding hydrogens is 278 g/mol. The van der Waals surface area contributed by atoms with Gasteiger partial charge < -0.3 is 0 Å². The predicted molar refractivity (Wildman–Crippen MR) is 70.9 cm³/mol. The molecule has 3 rings (SSSR count). The first-order valence-corrected chi connectivity index (χ1v) is 7.08. The van der Waals surface area contributed by atoms with Crippen molar-refractivity contribution in [2.45, 2.75) is 25.7 Å². The van der Waals surface area contributed by atoms with Gasteiger partial charge in [0.2, 0.25) is 0 Å². The van der Waals surface area contributed by atoms with Gasteiger partial charge in [-0.15, -0.1) is 5.10 Å². The number of hydrogen-bond donors (Lipinski definition) is 0. The minimum absolute atomic E-state index is 0.922. The smallest absolute Gasteiger partial charge is 0.0840 e. The molecule has 0 spiro atoms. The second-order valence-electron chi connectivity index (χ2n) is 4.40. The second kappa shape index (κ2) is 4.61. The Hall–Kier alpha value is -1.16. The zero-order valence-electron chi connectivity index (χ0n) is 9.56. The van der Waals surface area contributed by atoms with Crippen molar-refractivity contribution in [3.05, 3.63) is 41.2 Å². The summed E-state index contributed by atoms with van der Waals surface area (Å²) in [6, 6.07) is 6.61. The van der Waals surface area contributed by atoms with Gasteiger partial charge in [-0.25, -0.2) is 4.68 Å². The Bertz CT molecular complexity index is 533. The molecule has 4 heteroatoms. The van der Waals surface area contributed by atoms with Gasteiger partial charge in [0.25, 0.3) is 0 Å². The van der Waals surface area contributed by atoms with E-state index < -0.39 is 0 Å². The summed E-state index contributed by atoms with van der Waals surface area (Å²) in [5.41, 5.74) is 5.12. The summed E-state index contributed by atoms with van der Waals surface area (Å²) in [7, 11) is 0. The summed E-state index contributed by atoms with van der Waals surface area (Å²) in [6.07, 6.45) is 6.64. The molecule has 0 saturated heterocycles. The summed E-state index contributed by atoms with van der Waals surface area (Å²) in [5.74, 6) is 0. The molecule has 88 valence electrons. The molecule has 0 N–H and O–H groups in total. The number of alkyl halides is 1. The van der Waals surface area contributed by atoms with E-state index in [1.54, 1.807) is 0 Å². The Morgan fingerprint density at radius 1 is 1.24 bits per heavy atom. The average Bonchev–Trinajstić information content (AvgIpc) is 2.96. The highest BCUT2D eigenvalue weighted by Crippen LogP contribution is 2.24. The number of nitrogens with zero attached hydrogens (tertiary/aromatic N) is 3. The van der Waals surface area contributed by atoms with E-state index in [4.69, 9.17) is 0 Å². The van der Waals surface area contributed by atoms with Crippen molar-refractivity contribution in [2.24, 2.45) is 0 Å². The van der Waals surface area contributed by atoms with Crippen LogP contribution in [0.2, 0.25) is 0 Å². The number of rotatable bonds is 3. The van der Waals surface area contributed by atoms with Gasteiger partial charge in [0.15, 0.2) is 0 Å². The lowest BCUT2D eigenvalue weighted by atomic mass is 10.1. The highest BCUT2D eigenvalue weighted by Gasteiger charge is 2.12. The Morgan fingerprint density at radius 2 is 2.12 bits per heavy atom. The lowest BCUT2D eigenvalue weighted by Gasteiger charge is -2.03. The number of aryl methyl sites for hydroxylation is 3. The number of fused-ring (bicyclic) bond motifs is 1. The van der Waals surface area contributed by atoms with Crippen molar-refractivity contribution in [1.82, 2.24) is 15.0 Å². The first-order chi connectivity index (χ1) is 8.36. The van der Waals surface area contributed by atoms with E-state index >= 15 is 0 Å². The van der Waals surface area contributed by atoms with E-state index in [2.05, 4.69) is 44.4 Å². The summed E-state index contributed by atoms with van der Waals surface area (Å²) >= 11 is 3.42. The van der Waals surface area contributed by atoms with Crippen LogP contribution in [-0.4, -0.2) is 20.3 Å². The molecule has 0 atom stereocenters. The Kier molecular flexibility index (Phi) is 2.97. The van der Waals surface area contributed by atoms with Gasteiger partial charge in [0.05, 0.1) is 17.6 Å². The molecule has 0 aliphatic heterocycles. The summed E-state index contributed by atoms with van der Waals surface area (Å²) in [6.45, 7) is 0. The molecule has 0 fully saturated rings. The van der Waals surface area contributed by atoms with Crippen LogP contribution in [0.4, 0.5) is 0 Å². The van der Waals surface area contributed by atoms with E-state index in [0.29, 0.717) is 0 Å². The minimum atomic E-state index is 0.922. The van der Waals surface area contributed by atoms with Crippen molar-refractivity contribution >= 4 is 15.9 Å². The maximum atomic E-state index is 4.18. The van der Waals surface area contributed by atoms with Gasteiger partial charge in [-0.2, -0.15) is 0 Å². The average molecular weight is 292 g/mol. The molecule has 1 aliphatic rings. The van der Waals surface area contributed by atoms with E-state index in [1.807, 2.05) is 10.9 Å². The fourth-order valence-electron chi connectivity index (χ4n) is 2.34. The largest absolute Gasteiger partial charge is 0.220 e. The van der Waals surface area contributed by atoms with Crippen LogP contribution in [0, 0.1) is 0 Å². The van der Waals surface area contributed by atoms with Crippen LogP contribution in [0.1, 0.15) is 23.2 Å². The number of aromatic nitrogens is 3. The monoisotopic (exact) mass is 291 g/mol. The number of hydrogen-bond acceptors (Lipinski definition) is 2. The third-order valence-electron chi connectivity index (χ3n) is 3.24. The first kappa shape index (κ1) is 11.0. The van der Waals surface area contributed by atoms with E-state index in [9.17, 15) is 0 Å². The zero-order chi connectivity index (χ0) is 11.7. The number of halogens is 1. The Balaban J connectivity index is 1.92. The van der Waals surface area contributed by atoms with Crippen molar-refractivity contribution in [3.8, 4) is 5.69 Å². The Labute approximate surface area is 109 Å². The zero-order valence-corrected chi connectivity index (χ0v) is 11.2. The van der Waals surface area contributed by atoms with Crippen molar-refractivity contribution in [3.63, 3.8) is 0 Å². The van der Waals surface area contributed by atoms with Crippen LogP contribution >= 0.6 is 15.9 Å². The molecule has 0 radical (unpaired) electrons. The predicted octanol–water partition coefficient (Wildman–Crippen LogP) is 2.69. The minimum Gasteiger partial charge on any atom is -0.220 e. The van der Waals surface area contributed by atoms with E-state index in [0.717, 1.165) is 23.1 Å². The molecule has 0 saturated carbocycles. The standard InChI is InChI=1S/C13H14BrN3/c14-7-6-12-9-17(16-15-12)13-5-4-10-2-1-3-11(10)8-13/h4-5,8-9H,1-3,6-7H2. The van der Waals surface area contributed by atoms with Crippen molar-refractivity contribution < 1.29 is 0 Å². The van der Waals surface area contributed by atoms with Crippen LogP contribution in [0.15, 0.2) is 24.4 Å². The highest BCUT2D eigenvalue weighted by atomic mass is 79.9. The van der Waals surface area contributed by atoms with Gasteiger partial charge in [-0.1, -0.05) is 27.2 Å². The molecule has 0 amide bonds. The summed E-state index contributed by atoms with van der Waals surface area (Å²) in [4.78, 5) is 0. The topological polar surface area (TPSA) is 30.7 Å². The first-order valence-electron chi connectivity index (χ1n) is 5.96. The molecule has 2 aromatic rings. The van der Waals surface area contributed by atoms with E-state index in [-0.39, 0.29) is 0 Å². The van der Waals surface area contributed by atoms with Crippen molar-refractivity contribution in [2.75, 3.05) is 5.33 Å². The molecule has 0 unspecified atom stereocenters. The van der Waals surface area contributed by atoms with Gasteiger partial charge in [0.1, 0.15) is 0 Å². The third-order valence-corrected chi connectivity index (χ3v) is 3.63. The van der Waals surface area contributed by atoms with Gasteiger partial charge in [-0.3, -0.25) is 0 Å². The van der Waals surface area contributed by atoms with Crippen LogP contribution in [-0.2, 0) is 19.3 Å². The highest BCUT2D eigenvalue weighted by molar-refractivity contribution is 9.09. The molecule has 3 nitrogen and oxygen atoms in total. The molecular formula is C13H14BrN3. The fourth-order valence-corrected chi connectivity index (χ4v) is 2.74. The maximum absolute atomic E-state index is 4.18. The lowest BCUT2D eigenvalue weighted by molar-refractivity contribution is 0.797. The normalized spacial score (nSPS) is 13.9. The second-order valence-corrected chi connectivity index (χ2v) is 5.19. The SMILES string of the molecule is BrCCc1cn(-c2ccc3c(c2)CCC3)nn1. The van der Waals surface area contributed by atoms with Crippen LogP contribution in [0.25, 0.3) is 5.69 Å². The van der Waals surface area contributed by atoms with Gasteiger partial charge in [-0.05, 0) is 42.5 Å². The Morgan fingerprint density at radius 3 is 3.00 bits per heavy atom. The van der Waals surface area contributed by atoms with Crippen molar-refractivity contribution in [1.29, 1.82) is 0 Å². The third kappa shape index (κ3) is 2.14.